The third-order valence-electron chi connectivity index (χ3n) is 2.93. The first-order valence-electron chi connectivity index (χ1n) is 6.23. The monoisotopic (exact) mass is 242 g/mol. The molecule has 1 heterocycles. The van der Waals surface area contributed by atoms with Crippen molar-refractivity contribution in [1.29, 1.82) is 0 Å². The molecule has 0 aliphatic rings. The zero-order chi connectivity index (χ0) is 12.8. The fourth-order valence-corrected chi connectivity index (χ4v) is 1.94. The molecule has 0 atom stereocenters. The van der Waals surface area contributed by atoms with Gasteiger partial charge in [-0.3, -0.25) is 4.79 Å². The second-order valence-corrected chi connectivity index (χ2v) is 4.30. The van der Waals surface area contributed by atoms with Gasteiger partial charge in [0.2, 0.25) is 0 Å². The summed E-state index contributed by atoms with van der Waals surface area (Å²) in [5.74, 6) is 0. The Bertz CT molecular complexity index is 546. The summed E-state index contributed by atoms with van der Waals surface area (Å²) in [7, 11) is 0. The van der Waals surface area contributed by atoms with Gasteiger partial charge in [0.15, 0.2) is 0 Å². The molecule has 3 nitrogen and oxygen atoms in total. The Morgan fingerprint density at radius 1 is 1.06 bits per heavy atom. The number of hydrogen-bond donors (Lipinski definition) is 1. The zero-order valence-electron chi connectivity index (χ0n) is 10.6. The Morgan fingerprint density at radius 2 is 1.83 bits per heavy atom. The predicted octanol–water partition coefficient (Wildman–Crippen LogP) is 2.66. The van der Waals surface area contributed by atoms with E-state index in [2.05, 4.69) is 5.32 Å². The normalized spacial score (nSPS) is 10.3. The van der Waals surface area contributed by atoms with Crippen molar-refractivity contribution in [3.63, 3.8) is 0 Å². The first-order chi connectivity index (χ1) is 8.77. The molecule has 94 valence electrons. The molecule has 0 saturated carbocycles. The van der Waals surface area contributed by atoms with Crippen LogP contribution in [0.1, 0.15) is 12.1 Å². The lowest BCUT2D eigenvalue weighted by molar-refractivity contribution is 0.622. The minimum absolute atomic E-state index is 0.0784. The number of benzene rings is 1. The highest BCUT2D eigenvalue weighted by molar-refractivity contribution is 5.42. The summed E-state index contributed by atoms with van der Waals surface area (Å²) >= 11 is 0. The molecule has 0 bridgehead atoms. The molecule has 0 aliphatic carbocycles. The Kier molecular flexibility index (Phi) is 4.18. The smallest absolute Gasteiger partial charge is 0.250 e. The van der Waals surface area contributed by atoms with Crippen molar-refractivity contribution >= 4 is 5.69 Å². The SMILES string of the molecule is Cc1cccc(=O)n1CCCNc1ccccc1. The fraction of sp³-hybridized carbons (Fsp3) is 0.267. The van der Waals surface area contributed by atoms with Crippen LogP contribution in [0.15, 0.2) is 53.3 Å². The first kappa shape index (κ1) is 12.4. The third kappa shape index (κ3) is 3.23. The van der Waals surface area contributed by atoms with Crippen molar-refractivity contribution in [2.24, 2.45) is 0 Å². The van der Waals surface area contributed by atoms with Gasteiger partial charge >= 0.3 is 0 Å². The number of anilines is 1. The van der Waals surface area contributed by atoms with Gasteiger partial charge in [-0.25, -0.2) is 0 Å². The van der Waals surface area contributed by atoms with E-state index < -0.39 is 0 Å². The van der Waals surface area contributed by atoms with Gasteiger partial charge in [0.1, 0.15) is 0 Å². The Balaban J connectivity index is 1.84. The third-order valence-corrected chi connectivity index (χ3v) is 2.93. The van der Waals surface area contributed by atoms with E-state index in [1.54, 1.807) is 12.1 Å². The highest BCUT2D eigenvalue weighted by atomic mass is 16.1. The molecule has 0 aliphatic heterocycles. The number of para-hydroxylation sites is 1. The molecule has 3 heteroatoms. The highest BCUT2D eigenvalue weighted by Gasteiger charge is 1.98. The Morgan fingerprint density at radius 3 is 2.56 bits per heavy atom. The largest absolute Gasteiger partial charge is 0.385 e. The maximum absolute atomic E-state index is 11.6. The molecule has 0 fully saturated rings. The molecule has 18 heavy (non-hydrogen) atoms. The zero-order valence-corrected chi connectivity index (χ0v) is 10.6. The summed E-state index contributed by atoms with van der Waals surface area (Å²) < 4.78 is 1.81. The van der Waals surface area contributed by atoms with E-state index in [1.165, 1.54) is 0 Å². The molecule has 0 saturated heterocycles. The molecule has 0 radical (unpaired) electrons. The molecule has 2 aromatic rings. The molecule has 2 rings (SSSR count). The lowest BCUT2D eigenvalue weighted by atomic mass is 10.3. The van der Waals surface area contributed by atoms with Gasteiger partial charge in [-0.1, -0.05) is 24.3 Å². The molecule has 0 spiro atoms. The van der Waals surface area contributed by atoms with Crippen LogP contribution in [-0.2, 0) is 6.54 Å². The predicted molar refractivity (Wildman–Crippen MR) is 75.0 cm³/mol. The maximum atomic E-state index is 11.6. The van der Waals surface area contributed by atoms with Gasteiger partial charge < -0.3 is 9.88 Å². The Hall–Kier alpha value is -2.03. The van der Waals surface area contributed by atoms with Crippen molar-refractivity contribution in [2.75, 3.05) is 11.9 Å². The van der Waals surface area contributed by atoms with Crippen LogP contribution in [0.5, 0.6) is 0 Å². The van der Waals surface area contributed by atoms with E-state index >= 15 is 0 Å². The van der Waals surface area contributed by atoms with Crippen LogP contribution in [0.2, 0.25) is 0 Å². The molecular weight excluding hydrogens is 224 g/mol. The first-order valence-corrected chi connectivity index (χ1v) is 6.23. The standard InChI is InChI=1S/C15H18N2O/c1-13-7-5-10-15(18)17(13)12-6-11-16-14-8-3-2-4-9-14/h2-5,7-10,16H,6,11-12H2,1H3. The number of aryl methyl sites for hydroxylation is 1. The molecule has 0 unspecified atom stereocenters. The minimum Gasteiger partial charge on any atom is -0.385 e. The molecule has 1 aromatic carbocycles. The number of pyridine rings is 1. The van der Waals surface area contributed by atoms with E-state index in [-0.39, 0.29) is 5.56 Å². The van der Waals surface area contributed by atoms with Crippen LogP contribution in [0.4, 0.5) is 5.69 Å². The van der Waals surface area contributed by atoms with Crippen LogP contribution in [0.3, 0.4) is 0 Å². The van der Waals surface area contributed by atoms with Crippen LogP contribution in [-0.4, -0.2) is 11.1 Å². The quantitative estimate of drug-likeness (QED) is 0.818. The molecular formula is C15H18N2O. The maximum Gasteiger partial charge on any atom is 0.250 e. The second kappa shape index (κ2) is 6.05. The topological polar surface area (TPSA) is 34.0 Å². The number of hydrogen-bond acceptors (Lipinski definition) is 2. The van der Waals surface area contributed by atoms with Crippen molar-refractivity contribution in [1.82, 2.24) is 4.57 Å². The molecule has 1 N–H and O–H groups in total. The number of nitrogens with one attached hydrogen (secondary N) is 1. The van der Waals surface area contributed by atoms with Crippen LogP contribution < -0.4 is 10.9 Å². The second-order valence-electron chi connectivity index (χ2n) is 4.30. The summed E-state index contributed by atoms with van der Waals surface area (Å²) in [6.45, 7) is 3.59. The highest BCUT2D eigenvalue weighted by Crippen LogP contribution is 2.04. The number of rotatable bonds is 5. The van der Waals surface area contributed by atoms with Gasteiger partial charge in [-0.05, 0) is 31.5 Å². The Labute approximate surface area is 107 Å². The number of aromatic nitrogens is 1. The average Bonchev–Trinajstić information content (AvgIpc) is 2.38. The molecule has 1 aromatic heterocycles. The van der Waals surface area contributed by atoms with Crippen molar-refractivity contribution in [3.8, 4) is 0 Å². The lowest BCUT2D eigenvalue weighted by Crippen LogP contribution is -2.22. The molecule has 0 amide bonds. The average molecular weight is 242 g/mol. The summed E-state index contributed by atoms with van der Waals surface area (Å²) in [5, 5.41) is 3.34. The van der Waals surface area contributed by atoms with E-state index in [9.17, 15) is 4.79 Å². The summed E-state index contributed by atoms with van der Waals surface area (Å²) in [6, 6.07) is 15.5. The van der Waals surface area contributed by atoms with Gasteiger partial charge in [-0.15, -0.1) is 0 Å². The van der Waals surface area contributed by atoms with Gasteiger partial charge in [0.25, 0.3) is 5.56 Å². The van der Waals surface area contributed by atoms with Gasteiger partial charge in [0.05, 0.1) is 0 Å². The van der Waals surface area contributed by atoms with Crippen molar-refractivity contribution in [2.45, 2.75) is 19.9 Å². The van der Waals surface area contributed by atoms with E-state index in [4.69, 9.17) is 0 Å². The summed E-state index contributed by atoms with van der Waals surface area (Å²) in [4.78, 5) is 11.6. The number of nitrogens with zero attached hydrogens (tertiary/aromatic N) is 1. The summed E-state index contributed by atoms with van der Waals surface area (Å²) in [6.07, 6.45) is 0.930. The van der Waals surface area contributed by atoms with Crippen LogP contribution in [0, 0.1) is 6.92 Å². The van der Waals surface area contributed by atoms with Crippen LogP contribution in [0.25, 0.3) is 0 Å². The van der Waals surface area contributed by atoms with Gasteiger partial charge in [0, 0.05) is 30.5 Å². The lowest BCUT2D eigenvalue weighted by Gasteiger charge is -2.10. The van der Waals surface area contributed by atoms with E-state index in [0.29, 0.717) is 0 Å². The van der Waals surface area contributed by atoms with Crippen LogP contribution >= 0.6 is 0 Å². The summed E-state index contributed by atoms with van der Waals surface area (Å²) in [5.41, 5.74) is 2.21. The van der Waals surface area contributed by atoms with E-state index in [0.717, 1.165) is 30.9 Å². The van der Waals surface area contributed by atoms with Crippen molar-refractivity contribution < 1.29 is 0 Å². The van der Waals surface area contributed by atoms with Gasteiger partial charge in [-0.2, -0.15) is 0 Å². The van der Waals surface area contributed by atoms with Crippen molar-refractivity contribution in [3.05, 3.63) is 64.6 Å². The van der Waals surface area contributed by atoms with E-state index in [1.807, 2.05) is 47.9 Å². The minimum atomic E-state index is 0.0784. The fourth-order valence-electron chi connectivity index (χ4n) is 1.94.